The predicted molar refractivity (Wildman–Crippen MR) is 280 cm³/mol. The van der Waals surface area contributed by atoms with Gasteiger partial charge in [-0.3, -0.25) is 4.52 Å². The molecule has 0 fully saturated rings. The molecule has 0 N–H and O–H groups in total. The van der Waals surface area contributed by atoms with Crippen LogP contribution in [-0.4, -0.2) is 18.4 Å². The summed E-state index contributed by atoms with van der Waals surface area (Å²) in [5, 5.41) is 12.0. The average Bonchev–Trinajstić information content (AvgIpc) is 3.49. The molecule has 0 atom stereocenters. The standard InChI is InChI=1S/C47H37O3P3.C8H12.F6P.Rh/c1-5-19-38(20-6-1)51(39-21-7-2-8-22-39)33-37(34-52(40-23-9-3-10-24-40)41-25-11-4-12-26-41)48-53-49-44-31-29-35-17-13-15-27-42(35)46(44)47-43-28-16-14-18-36(43)30-32-45(47)50-53;1-2-4-6-8-7-5-3-1;1-7(2,3,4,5)6;/h1-32,37H,33-34H2;1-2,7-8H,3-6H2;;/q;;-1;/b;2-1-,8-7-;;. The van der Waals surface area contributed by atoms with E-state index in [1.165, 1.54) is 46.9 Å². The third kappa shape index (κ3) is 15.6. The number of hydrogen-bond acceptors (Lipinski definition) is 3. The fraction of sp³-hybridized carbons (Fsp3) is 0.127. The molecule has 0 bridgehead atoms. The van der Waals surface area contributed by atoms with Gasteiger partial charge in [-0.25, -0.2) is 0 Å². The zero-order valence-electron chi connectivity index (χ0n) is 37.2. The topological polar surface area (TPSA) is 35.5 Å². The third-order valence-electron chi connectivity index (χ3n) is 11.0. The molecule has 0 amide bonds. The molecule has 3 nitrogen and oxygen atoms in total. The fourth-order valence-corrected chi connectivity index (χ4v) is 14.4. The van der Waals surface area contributed by atoms with Crippen LogP contribution in [0.4, 0.5) is 25.2 Å². The maximum atomic E-state index is 9.87. The molecule has 1 aliphatic rings. The fourth-order valence-electron chi connectivity index (χ4n) is 8.05. The third-order valence-corrected chi connectivity index (χ3v) is 17.4. The van der Waals surface area contributed by atoms with Crippen LogP contribution in [-0.2, 0) is 19.5 Å². The molecule has 8 aromatic carbocycles. The molecule has 14 heteroatoms. The maximum absolute atomic E-state index is 10.7. The summed E-state index contributed by atoms with van der Waals surface area (Å²) in [5.41, 5.74) is 1.57. The number of halogens is 6. The van der Waals surface area contributed by atoms with E-state index in [0.717, 1.165) is 55.8 Å². The summed E-state index contributed by atoms with van der Waals surface area (Å²) in [6.45, 7) is 0. The van der Waals surface area contributed by atoms with E-state index in [2.05, 4.69) is 218 Å². The first-order chi connectivity index (χ1) is 32.7. The Morgan fingerprint density at radius 2 is 0.710 bits per heavy atom. The van der Waals surface area contributed by atoms with Crippen molar-refractivity contribution in [3.63, 3.8) is 0 Å². The van der Waals surface area contributed by atoms with Crippen LogP contribution in [0.25, 0.3) is 43.5 Å². The van der Waals surface area contributed by atoms with Gasteiger partial charge in [0.05, 0.1) is 6.10 Å². The van der Waals surface area contributed by atoms with Gasteiger partial charge >= 0.3 is 41.2 Å². The van der Waals surface area contributed by atoms with Crippen molar-refractivity contribution in [2.24, 2.45) is 0 Å². The van der Waals surface area contributed by atoms with Gasteiger partial charge in [0.25, 0.3) is 0 Å². The average molecular weight is 1100 g/mol. The van der Waals surface area contributed by atoms with Gasteiger partial charge < -0.3 is 8.39 Å². The van der Waals surface area contributed by atoms with Crippen LogP contribution in [0.5, 0.6) is 0 Å². The van der Waals surface area contributed by atoms with Crippen molar-refractivity contribution in [3.05, 3.63) is 218 Å². The molecule has 1 radical (unpaired) electrons. The molecule has 0 spiro atoms. The van der Waals surface area contributed by atoms with Crippen LogP contribution < -0.4 is 25.7 Å². The van der Waals surface area contributed by atoms with Crippen molar-refractivity contribution in [1.29, 1.82) is 0 Å². The second kappa shape index (κ2) is 22.9. The van der Waals surface area contributed by atoms with E-state index in [1.54, 1.807) is 0 Å². The number of rotatable bonds is 10. The molecule has 0 saturated carbocycles. The van der Waals surface area contributed by atoms with Gasteiger partial charge in [-0.15, -0.1) is 0 Å². The van der Waals surface area contributed by atoms with E-state index in [9.17, 15) is 25.2 Å². The minimum atomic E-state index is -10.7. The molecule has 10 rings (SSSR count). The summed E-state index contributed by atoms with van der Waals surface area (Å²) in [5.74, 6) is 0. The molecule has 1 aromatic heterocycles. The van der Waals surface area contributed by atoms with Gasteiger partial charge in [0.1, 0.15) is 11.2 Å². The first-order valence-electron chi connectivity index (χ1n) is 22.2. The van der Waals surface area contributed by atoms with Crippen LogP contribution in [0, 0.1) is 0 Å². The van der Waals surface area contributed by atoms with E-state index >= 15 is 0 Å². The molecule has 9 aromatic rings. The minimum absolute atomic E-state index is 0. The number of hydrogen-bond donors (Lipinski definition) is 0. The van der Waals surface area contributed by atoms with Crippen molar-refractivity contribution < 1.29 is 57.6 Å². The van der Waals surface area contributed by atoms with Crippen molar-refractivity contribution in [2.75, 3.05) is 12.3 Å². The Labute approximate surface area is 414 Å². The molecule has 0 saturated heterocycles. The first kappa shape index (κ1) is 52.0. The maximum Gasteiger partial charge on any atom is 0.387 e. The zero-order valence-corrected chi connectivity index (χ0v) is 42.4. The van der Waals surface area contributed by atoms with E-state index in [4.69, 9.17) is 12.9 Å². The van der Waals surface area contributed by atoms with E-state index in [-0.39, 0.29) is 25.6 Å². The molecular weight excluding hydrogens is 1050 g/mol. The number of benzene rings is 8. The first-order valence-corrected chi connectivity index (χ1v) is 28.4. The summed E-state index contributed by atoms with van der Waals surface area (Å²) in [7, 11) is -14.0. The van der Waals surface area contributed by atoms with Gasteiger partial charge in [-0.2, -0.15) is 0 Å². The summed E-state index contributed by atoms with van der Waals surface area (Å²) in [6.07, 6.45) is 15.5. The van der Waals surface area contributed by atoms with E-state index in [1.807, 2.05) is 0 Å². The van der Waals surface area contributed by atoms with Crippen LogP contribution in [0.3, 0.4) is 0 Å². The van der Waals surface area contributed by atoms with Gasteiger partial charge in [-0.1, -0.05) is 206 Å². The molecule has 1 aliphatic carbocycles. The van der Waals surface area contributed by atoms with Crippen LogP contribution in [0.2, 0.25) is 0 Å². The largest absolute Gasteiger partial charge is 0.399 e. The smallest absolute Gasteiger partial charge is 0.387 e. The molecule has 69 heavy (non-hydrogen) atoms. The zero-order chi connectivity index (χ0) is 47.5. The normalized spacial score (nSPS) is 14.6. The number of fused-ring (bicyclic) bond motifs is 7. The Hall–Kier alpha value is -4.89. The van der Waals surface area contributed by atoms with Gasteiger partial charge in [0, 0.05) is 42.6 Å². The Bertz CT molecular complexity index is 2880. The molecule has 1 heterocycles. The Morgan fingerprint density at radius 3 is 1.03 bits per heavy atom. The monoisotopic (exact) mass is 1100 g/mol. The van der Waals surface area contributed by atoms with E-state index < -0.39 is 31.9 Å². The van der Waals surface area contributed by atoms with Gasteiger partial charge in [0.2, 0.25) is 0 Å². The quantitative estimate of drug-likeness (QED) is 0.0592. The van der Waals surface area contributed by atoms with E-state index in [0.29, 0.717) is 0 Å². The summed E-state index contributed by atoms with van der Waals surface area (Å²) in [6, 6.07) is 69.2. The molecule has 0 unspecified atom stereocenters. The summed E-state index contributed by atoms with van der Waals surface area (Å²) in [4.78, 5) is 0. The van der Waals surface area contributed by atoms with Crippen molar-refractivity contribution in [2.45, 2.75) is 31.8 Å². The molecule has 0 aliphatic heterocycles. The van der Waals surface area contributed by atoms with Crippen molar-refractivity contribution in [1.82, 2.24) is 0 Å². The Kier molecular flexibility index (Phi) is 17.2. The van der Waals surface area contributed by atoms with Crippen LogP contribution in [0.1, 0.15) is 25.7 Å². The number of allylic oxidation sites excluding steroid dienone is 4. The predicted octanol–water partition coefficient (Wildman–Crippen LogP) is 17.7. The van der Waals surface area contributed by atoms with Crippen LogP contribution >= 0.6 is 31.9 Å². The van der Waals surface area contributed by atoms with Gasteiger partial charge in [0.15, 0.2) is 0 Å². The minimum Gasteiger partial charge on any atom is -0.399 e. The second-order valence-corrected chi connectivity index (χ2v) is 23.5. The second-order valence-electron chi connectivity index (χ2n) is 16.1. The van der Waals surface area contributed by atoms with Crippen molar-refractivity contribution in [3.8, 4) is 0 Å². The summed E-state index contributed by atoms with van der Waals surface area (Å²) >= 11 is 0. The van der Waals surface area contributed by atoms with Gasteiger partial charge in [-0.05, 0) is 96.4 Å². The molecular formula is C55H49F6O3P4Rh-. The van der Waals surface area contributed by atoms with Crippen LogP contribution in [0.15, 0.2) is 227 Å². The summed E-state index contributed by atoms with van der Waals surface area (Å²) < 4.78 is 80.4. The Morgan fingerprint density at radius 1 is 0.420 bits per heavy atom. The Balaban J connectivity index is 0.000000379. The SMILES string of the molecule is C1=C\CC/C=C\CC/1.F[P-](F)(F)(F)(F)F.[Rh].c1ccc(P(CC(CP(c2ccccc2)c2ccccc2)Op2oc3ccc4ccccc4c3c3c(ccc4ccccc43)o2)c2ccccc2)cc1. The van der Waals surface area contributed by atoms with Crippen molar-refractivity contribution >= 4 is 96.6 Å². The molecule has 359 valence electrons.